The van der Waals surface area contributed by atoms with Crippen molar-refractivity contribution in [2.75, 3.05) is 11.9 Å². The Morgan fingerprint density at radius 3 is 2.50 bits per heavy atom. The van der Waals surface area contributed by atoms with E-state index in [4.69, 9.17) is 0 Å². The van der Waals surface area contributed by atoms with Crippen LogP contribution >= 0.6 is 11.3 Å². The van der Waals surface area contributed by atoms with Crippen molar-refractivity contribution < 1.29 is 9.59 Å². The molecule has 2 amide bonds. The average molecular weight is 290 g/mol. The maximum atomic E-state index is 11.9. The van der Waals surface area contributed by atoms with Crippen LogP contribution in [0.5, 0.6) is 0 Å². The first-order valence-corrected chi connectivity index (χ1v) is 6.85. The van der Waals surface area contributed by atoms with Crippen LogP contribution in [0.15, 0.2) is 23.7 Å². The highest BCUT2D eigenvalue weighted by atomic mass is 32.1. The largest absolute Gasteiger partial charge is 0.343 e. The molecule has 0 atom stereocenters. The fourth-order valence-corrected chi connectivity index (χ4v) is 2.22. The summed E-state index contributed by atoms with van der Waals surface area (Å²) in [7, 11) is 0. The Morgan fingerprint density at radius 2 is 1.90 bits per heavy atom. The highest BCUT2D eigenvalue weighted by Crippen LogP contribution is 2.09. The van der Waals surface area contributed by atoms with Gasteiger partial charge in [-0.1, -0.05) is 28.5 Å². The van der Waals surface area contributed by atoms with Crippen LogP contribution in [0.25, 0.3) is 0 Å². The molecule has 0 saturated heterocycles. The lowest BCUT2D eigenvalue weighted by atomic mass is 10.1. The minimum atomic E-state index is -0.334. The van der Waals surface area contributed by atoms with Crippen LogP contribution in [0.1, 0.15) is 21.5 Å². The predicted molar refractivity (Wildman–Crippen MR) is 76.8 cm³/mol. The van der Waals surface area contributed by atoms with Crippen LogP contribution in [-0.4, -0.2) is 28.6 Å². The van der Waals surface area contributed by atoms with E-state index in [9.17, 15) is 9.59 Å². The molecular formula is C13H14N4O2S. The number of rotatable bonds is 4. The molecule has 1 aromatic heterocycles. The van der Waals surface area contributed by atoms with Crippen molar-refractivity contribution in [1.29, 1.82) is 0 Å². The lowest BCUT2D eigenvalue weighted by molar-refractivity contribution is -0.115. The van der Waals surface area contributed by atoms with Crippen LogP contribution in [-0.2, 0) is 4.79 Å². The Balaban J connectivity index is 1.90. The van der Waals surface area contributed by atoms with E-state index in [-0.39, 0.29) is 18.4 Å². The molecule has 0 unspecified atom stereocenters. The molecule has 0 saturated carbocycles. The standard InChI is InChI=1S/C13H14N4O2S/c1-8-3-9(2)5-10(4-8)12(19)14-6-11(18)16-13-17-15-7-20-13/h3-5,7H,6H2,1-2H3,(H,14,19)(H,16,17,18). The second-order valence-corrected chi connectivity index (χ2v) is 5.18. The quantitative estimate of drug-likeness (QED) is 0.894. The zero-order chi connectivity index (χ0) is 14.5. The number of benzene rings is 1. The molecule has 0 spiro atoms. The number of aromatic nitrogens is 2. The molecule has 2 rings (SSSR count). The van der Waals surface area contributed by atoms with Crippen molar-refractivity contribution >= 4 is 28.3 Å². The third-order valence-corrected chi connectivity index (χ3v) is 3.11. The van der Waals surface area contributed by atoms with Gasteiger partial charge < -0.3 is 5.32 Å². The Kier molecular flexibility index (Phi) is 4.41. The maximum absolute atomic E-state index is 11.9. The fourth-order valence-electron chi connectivity index (χ4n) is 1.76. The molecule has 20 heavy (non-hydrogen) atoms. The van der Waals surface area contributed by atoms with Crippen molar-refractivity contribution in [3.05, 3.63) is 40.4 Å². The normalized spacial score (nSPS) is 10.1. The molecule has 6 nitrogen and oxygen atoms in total. The van der Waals surface area contributed by atoms with Crippen LogP contribution < -0.4 is 10.6 Å². The average Bonchev–Trinajstić information content (AvgIpc) is 2.87. The van der Waals surface area contributed by atoms with Gasteiger partial charge in [0.25, 0.3) is 5.91 Å². The van der Waals surface area contributed by atoms with Crippen molar-refractivity contribution in [3.63, 3.8) is 0 Å². The summed E-state index contributed by atoms with van der Waals surface area (Å²) in [4.78, 5) is 23.5. The molecule has 0 aliphatic rings. The Morgan fingerprint density at radius 1 is 1.20 bits per heavy atom. The summed E-state index contributed by atoms with van der Waals surface area (Å²) in [5.74, 6) is -0.608. The first-order valence-electron chi connectivity index (χ1n) is 5.97. The summed E-state index contributed by atoms with van der Waals surface area (Å²) in [6.45, 7) is 3.74. The molecule has 2 aromatic rings. The molecule has 0 bridgehead atoms. The van der Waals surface area contributed by atoms with E-state index in [1.54, 1.807) is 12.1 Å². The summed E-state index contributed by atoms with van der Waals surface area (Å²) in [6, 6.07) is 5.55. The summed E-state index contributed by atoms with van der Waals surface area (Å²) < 4.78 is 0. The minimum absolute atomic E-state index is 0.106. The number of nitrogens with zero attached hydrogens (tertiary/aromatic N) is 2. The van der Waals surface area contributed by atoms with E-state index in [2.05, 4.69) is 20.8 Å². The highest BCUT2D eigenvalue weighted by Gasteiger charge is 2.10. The summed E-state index contributed by atoms with van der Waals surface area (Å²) in [5, 5.41) is 12.8. The summed E-state index contributed by atoms with van der Waals surface area (Å²) in [6.07, 6.45) is 0. The van der Waals surface area contributed by atoms with Gasteiger partial charge in [-0.05, 0) is 26.0 Å². The van der Waals surface area contributed by atoms with Crippen molar-refractivity contribution in [1.82, 2.24) is 15.5 Å². The van der Waals surface area contributed by atoms with Gasteiger partial charge in [-0.15, -0.1) is 10.2 Å². The number of carbonyl (C=O) groups excluding carboxylic acids is 2. The first-order chi connectivity index (χ1) is 9.54. The molecule has 7 heteroatoms. The molecule has 0 aliphatic heterocycles. The SMILES string of the molecule is Cc1cc(C)cc(C(=O)NCC(=O)Nc2nncs2)c1. The van der Waals surface area contributed by atoms with Crippen LogP contribution in [0.3, 0.4) is 0 Å². The monoisotopic (exact) mass is 290 g/mol. The van der Waals surface area contributed by atoms with E-state index < -0.39 is 0 Å². The van der Waals surface area contributed by atoms with Gasteiger partial charge >= 0.3 is 0 Å². The van der Waals surface area contributed by atoms with Crippen LogP contribution in [0.2, 0.25) is 0 Å². The summed E-state index contributed by atoms with van der Waals surface area (Å²) >= 11 is 1.22. The van der Waals surface area contributed by atoms with Gasteiger partial charge in [-0.3, -0.25) is 14.9 Å². The number of anilines is 1. The van der Waals surface area contributed by atoms with Gasteiger partial charge in [0.2, 0.25) is 11.0 Å². The number of hydrogen-bond acceptors (Lipinski definition) is 5. The van der Waals surface area contributed by atoms with Gasteiger partial charge in [0.05, 0.1) is 6.54 Å². The van der Waals surface area contributed by atoms with Gasteiger partial charge in [0, 0.05) is 5.56 Å². The zero-order valence-electron chi connectivity index (χ0n) is 11.1. The lowest BCUT2D eigenvalue weighted by Gasteiger charge is -2.06. The first kappa shape index (κ1) is 14.1. The van der Waals surface area contributed by atoms with Crippen molar-refractivity contribution in [2.24, 2.45) is 0 Å². The molecule has 1 heterocycles. The number of hydrogen-bond donors (Lipinski definition) is 2. The van der Waals surface area contributed by atoms with Crippen molar-refractivity contribution in [3.8, 4) is 0 Å². The molecule has 104 valence electrons. The third-order valence-electron chi connectivity index (χ3n) is 2.50. The van der Waals surface area contributed by atoms with E-state index >= 15 is 0 Å². The molecule has 1 aromatic carbocycles. The Labute approximate surface area is 120 Å². The van der Waals surface area contributed by atoms with Gasteiger partial charge in [-0.2, -0.15) is 0 Å². The number of carbonyl (C=O) groups is 2. The highest BCUT2D eigenvalue weighted by molar-refractivity contribution is 7.13. The molecular weight excluding hydrogens is 276 g/mol. The second kappa shape index (κ2) is 6.25. The Bertz CT molecular complexity index is 605. The summed E-state index contributed by atoms with van der Waals surface area (Å²) in [5.41, 5.74) is 4.08. The van der Waals surface area contributed by atoms with Gasteiger partial charge in [0.15, 0.2) is 0 Å². The van der Waals surface area contributed by atoms with Gasteiger partial charge in [0.1, 0.15) is 5.51 Å². The lowest BCUT2D eigenvalue weighted by Crippen LogP contribution is -2.32. The van der Waals surface area contributed by atoms with Crippen LogP contribution in [0.4, 0.5) is 5.13 Å². The molecule has 0 aliphatic carbocycles. The second-order valence-electron chi connectivity index (χ2n) is 4.35. The maximum Gasteiger partial charge on any atom is 0.251 e. The molecule has 2 N–H and O–H groups in total. The topological polar surface area (TPSA) is 84.0 Å². The smallest absolute Gasteiger partial charge is 0.251 e. The number of amides is 2. The predicted octanol–water partition coefficient (Wildman–Crippen LogP) is 1.52. The van der Waals surface area contributed by atoms with Gasteiger partial charge in [-0.25, -0.2) is 0 Å². The van der Waals surface area contributed by atoms with E-state index in [1.807, 2.05) is 19.9 Å². The molecule has 0 fully saturated rings. The van der Waals surface area contributed by atoms with Crippen molar-refractivity contribution in [2.45, 2.75) is 13.8 Å². The third kappa shape index (κ3) is 3.86. The zero-order valence-corrected chi connectivity index (χ0v) is 12.0. The fraction of sp³-hybridized carbons (Fsp3) is 0.231. The Hall–Kier alpha value is -2.28. The van der Waals surface area contributed by atoms with E-state index in [1.165, 1.54) is 16.8 Å². The number of nitrogens with one attached hydrogen (secondary N) is 2. The molecule has 0 radical (unpaired) electrons. The minimum Gasteiger partial charge on any atom is -0.343 e. The number of aryl methyl sites for hydroxylation is 2. The van der Waals surface area contributed by atoms with E-state index in [0.29, 0.717) is 10.7 Å². The van der Waals surface area contributed by atoms with Crippen LogP contribution in [0, 0.1) is 13.8 Å². The van der Waals surface area contributed by atoms with E-state index in [0.717, 1.165) is 11.1 Å².